The van der Waals surface area contributed by atoms with Crippen LogP contribution in [0.4, 0.5) is 0 Å². The summed E-state index contributed by atoms with van der Waals surface area (Å²) in [5, 5.41) is 3.23. The van der Waals surface area contributed by atoms with Gasteiger partial charge in [0.25, 0.3) is 0 Å². The molecular weight excluding hydrogens is 186 g/mol. The van der Waals surface area contributed by atoms with Crippen molar-refractivity contribution in [3.63, 3.8) is 0 Å². The average Bonchev–Trinajstić information content (AvgIpc) is 2.02. The maximum Gasteiger partial charge on any atom is 0.151 e. The third kappa shape index (κ3) is 3.48. The van der Waals surface area contributed by atoms with Crippen molar-refractivity contribution < 1.29 is 8.42 Å². The van der Waals surface area contributed by atoms with E-state index in [1.807, 2.05) is 6.92 Å². The number of sulfone groups is 1. The van der Waals surface area contributed by atoms with Crippen LogP contribution in [-0.4, -0.2) is 32.0 Å². The van der Waals surface area contributed by atoms with Crippen molar-refractivity contribution >= 4 is 9.84 Å². The summed E-state index contributed by atoms with van der Waals surface area (Å²) in [6.45, 7) is 5.63. The van der Waals surface area contributed by atoms with E-state index in [1.54, 1.807) is 6.08 Å². The Morgan fingerprint density at radius 1 is 1.62 bits per heavy atom. The number of hydrogen-bond donors (Lipinski definition) is 1. The monoisotopic (exact) mass is 203 g/mol. The van der Waals surface area contributed by atoms with Crippen LogP contribution in [-0.2, 0) is 9.84 Å². The van der Waals surface area contributed by atoms with Gasteiger partial charge in [0.15, 0.2) is 9.84 Å². The second kappa shape index (κ2) is 4.24. The number of rotatable bonds is 3. The van der Waals surface area contributed by atoms with Gasteiger partial charge in [0, 0.05) is 12.1 Å². The van der Waals surface area contributed by atoms with Gasteiger partial charge in [-0.1, -0.05) is 6.08 Å². The molecule has 0 radical (unpaired) electrons. The molecule has 3 nitrogen and oxygen atoms in total. The molecule has 0 amide bonds. The Morgan fingerprint density at radius 2 is 2.31 bits per heavy atom. The molecule has 1 fully saturated rings. The van der Waals surface area contributed by atoms with Gasteiger partial charge in [0.2, 0.25) is 0 Å². The van der Waals surface area contributed by atoms with Crippen LogP contribution in [0.1, 0.15) is 19.8 Å². The Bertz CT molecular complexity index is 271. The second-order valence-electron chi connectivity index (χ2n) is 3.64. The molecule has 0 spiro atoms. The Labute approximate surface area is 80.1 Å². The van der Waals surface area contributed by atoms with Gasteiger partial charge >= 0.3 is 0 Å². The largest absolute Gasteiger partial charge is 0.307 e. The molecule has 13 heavy (non-hydrogen) atoms. The zero-order valence-electron chi connectivity index (χ0n) is 7.99. The molecule has 1 N–H and O–H groups in total. The molecule has 0 aliphatic carbocycles. The highest BCUT2D eigenvalue weighted by Crippen LogP contribution is 2.12. The molecular formula is C9H17NO2S. The highest BCUT2D eigenvalue weighted by molar-refractivity contribution is 7.91. The fourth-order valence-corrected chi connectivity index (χ4v) is 3.24. The van der Waals surface area contributed by atoms with Crippen molar-refractivity contribution in [2.24, 2.45) is 0 Å². The van der Waals surface area contributed by atoms with Gasteiger partial charge in [-0.15, -0.1) is 6.58 Å². The Morgan fingerprint density at radius 3 is 2.85 bits per heavy atom. The highest BCUT2D eigenvalue weighted by atomic mass is 32.2. The molecule has 0 saturated carbocycles. The molecule has 0 aromatic heterocycles. The molecule has 2 atom stereocenters. The lowest BCUT2D eigenvalue weighted by Gasteiger charge is -2.25. The molecule has 1 rings (SSSR count). The van der Waals surface area contributed by atoms with Gasteiger partial charge in [-0.25, -0.2) is 8.42 Å². The van der Waals surface area contributed by atoms with Crippen molar-refractivity contribution in [2.45, 2.75) is 31.8 Å². The van der Waals surface area contributed by atoms with E-state index >= 15 is 0 Å². The number of nitrogens with one attached hydrogen (secondary N) is 1. The third-order valence-corrected chi connectivity index (χ3v) is 4.14. The van der Waals surface area contributed by atoms with E-state index in [0.717, 1.165) is 12.8 Å². The van der Waals surface area contributed by atoms with Crippen molar-refractivity contribution in [1.82, 2.24) is 5.32 Å². The molecule has 4 heteroatoms. The summed E-state index contributed by atoms with van der Waals surface area (Å²) in [6.07, 6.45) is 3.53. The molecule has 0 bridgehead atoms. The van der Waals surface area contributed by atoms with Crippen molar-refractivity contribution in [2.75, 3.05) is 11.5 Å². The van der Waals surface area contributed by atoms with E-state index in [0.29, 0.717) is 5.75 Å². The first-order valence-electron chi connectivity index (χ1n) is 4.62. The van der Waals surface area contributed by atoms with Crippen molar-refractivity contribution in [3.05, 3.63) is 12.7 Å². The van der Waals surface area contributed by atoms with E-state index in [-0.39, 0.29) is 17.8 Å². The first-order valence-corrected chi connectivity index (χ1v) is 6.44. The average molecular weight is 203 g/mol. The van der Waals surface area contributed by atoms with Crippen LogP contribution in [0.25, 0.3) is 0 Å². The van der Waals surface area contributed by atoms with Crippen molar-refractivity contribution in [1.29, 1.82) is 0 Å². The summed E-state index contributed by atoms with van der Waals surface area (Å²) < 4.78 is 22.5. The summed E-state index contributed by atoms with van der Waals surface area (Å²) in [7, 11) is -2.78. The fraction of sp³-hybridized carbons (Fsp3) is 0.778. The van der Waals surface area contributed by atoms with Gasteiger partial charge in [-0.05, 0) is 19.8 Å². The van der Waals surface area contributed by atoms with Crippen LogP contribution >= 0.6 is 0 Å². The van der Waals surface area contributed by atoms with E-state index in [2.05, 4.69) is 11.9 Å². The molecule has 0 aromatic carbocycles. The van der Waals surface area contributed by atoms with E-state index < -0.39 is 9.84 Å². The third-order valence-electron chi connectivity index (χ3n) is 2.32. The zero-order chi connectivity index (χ0) is 9.90. The highest BCUT2D eigenvalue weighted by Gasteiger charge is 2.24. The minimum atomic E-state index is -2.78. The summed E-state index contributed by atoms with van der Waals surface area (Å²) in [4.78, 5) is 0. The van der Waals surface area contributed by atoms with E-state index in [9.17, 15) is 8.42 Å². The first kappa shape index (κ1) is 10.7. The maximum absolute atomic E-state index is 11.3. The Hall–Kier alpha value is -0.350. The van der Waals surface area contributed by atoms with Gasteiger partial charge < -0.3 is 5.32 Å². The lowest BCUT2D eigenvalue weighted by atomic mass is 10.1. The quantitative estimate of drug-likeness (QED) is 0.688. The molecule has 0 aromatic rings. The van der Waals surface area contributed by atoms with E-state index in [4.69, 9.17) is 0 Å². The minimum absolute atomic E-state index is 0.117. The Balaban J connectivity index is 2.48. The normalized spacial score (nSPS) is 29.5. The summed E-state index contributed by atoms with van der Waals surface area (Å²) in [6, 6.07) is 0.310. The lowest BCUT2D eigenvalue weighted by Crippen LogP contribution is -2.43. The lowest BCUT2D eigenvalue weighted by molar-refractivity contribution is 0.462. The predicted molar refractivity (Wildman–Crippen MR) is 54.5 cm³/mol. The first-order chi connectivity index (χ1) is 6.03. The maximum atomic E-state index is 11.3. The Kier molecular flexibility index (Phi) is 3.50. The van der Waals surface area contributed by atoms with Crippen LogP contribution in [0.3, 0.4) is 0 Å². The zero-order valence-corrected chi connectivity index (χ0v) is 8.81. The van der Waals surface area contributed by atoms with Crippen LogP contribution in [0.2, 0.25) is 0 Å². The molecule has 1 aliphatic rings. The summed E-state index contributed by atoms with van der Waals surface area (Å²) in [5.41, 5.74) is 0. The van der Waals surface area contributed by atoms with Gasteiger partial charge in [0.05, 0.1) is 11.5 Å². The molecule has 1 aliphatic heterocycles. The van der Waals surface area contributed by atoms with Crippen LogP contribution in [0, 0.1) is 0 Å². The molecule has 1 saturated heterocycles. The summed E-state index contributed by atoms with van der Waals surface area (Å²) >= 11 is 0. The minimum Gasteiger partial charge on any atom is -0.307 e. The number of hydrogen-bond acceptors (Lipinski definition) is 3. The summed E-state index contributed by atoms with van der Waals surface area (Å²) in [5.74, 6) is 0.638. The van der Waals surface area contributed by atoms with Gasteiger partial charge in [-0.3, -0.25) is 0 Å². The SMILES string of the molecule is C=CC(C)NC1CCCS(=O)(=O)C1. The second-order valence-corrected chi connectivity index (χ2v) is 5.87. The van der Waals surface area contributed by atoms with Gasteiger partial charge in [0.1, 0.15) is 0 Å². The topological polar surface area (TPSA) is 46.2 Å². The van der Waals surface area contributed by atoms with Crippen LogP contribution in [0.15, 0.2) is 12.7 Å². The standard InChI is InChI=1S/C9H17NO2S/c1-3-8(2)10-9-5-4-6-13(11,12)7-9/h3,8-10H,1,4-7H2,2H3. The molecule has 2 unspecified atom stereocenters. The van der Waals surface area contributed by atoms with E-state index in [1.165, 1.54) is 0 Å². The fourth-order valence-electron chi connectivity index (χ4n) is 1.59. The molecule has 1 heterocycles. The van der Waals surface area contributed by atoms with Crippen LogP contribution < -0.4 is 5.32 Å². The smallest absolute Gasteiger partial charge is 0.151 e. The molecule has 76 valence electrons. The van der Waals surface area contributed by atoms with Gasteiger partial charge in [-0.2, -0.15) is 0 Å². The predicted octanol–water partition coefficient (Wildman–Crippen LogP) is 0.728. The van der Waals surface area contributed by atoms with Crippen molar-refractivity contribution in [3.8, 4) is 0 Å². The van der Waals surface area contributed by atoms with Crippen LogP contribution in [0.5, 0.6) is 0 Å².